The van der Waals surface area contributed by atoms with E-state index in [1.807, 2.05) is 0 Å². The van der Waals surface area contributed by atoms with E-state index in [1.54, 1.807) is 7.05 Å². The largest absolute Gasteiger partial charge is 0.368 e. The van der Waals surface area contributed by atoms with Gasteiger partial charge in [-0.05, 0) is 26.3 Å². The van der Waals surface area contributed by atoms with Crippen LogP contribution >= 0.6 is 0 Å². The average molecular weight is 187 g/mol. The van der Waals surface area contributed by atoms with E-state index in [1.165, 1.54) is 0 Å². The molecule has 5 heteroatoms. The molecule has 76 valence electrons. The molecule has 0 unspecified atom stereocenters. The number of hydrogen-bond acceptors (Lipinski definition) is 3. The molecule has 0 saturated carbocycles. The van der Waals surface area contributed by atoms with Gasteiger partial charge in [0.2, 0.25) is 12.3 Å². The summed E-state index contributed by atoms with van der Waals surface area (Å²) in [6.45, 7) is 0.651. The smallest absolute Gasteiger partial charge is 0.234 e. The molecule has 0 saturated heterocycles. The second-order valence-electron chi connectivity index (χ2n) is 2.81. The van der Waals surface area contributed by atoms with Crippen LogP contribution in [0.4, 0.5) is 0 Å². The van der Waals surface area contributed by atoms with Crippen molar-refractivity contribution in [3.63, 3.8) is 0 Å². The zero-order valence-electron chi connectivity index (χ0n) is 7.88. The number of hydrogen-bond donors (Lipinski definition) is 3. The van der Waals surface area contributed by atoms with Crippen molar-refractivity contribution in [3.05, 3.63) is 0 Å². The summed E-state index contributed by atoms with van der Waals surface area (Å²) >= 11 is 0. The summed E-state index contributed by atoms with van der Waals surface area (Å²) in [5.74, 6) is -0.328. The maximum atomic E-state index is 10.7. The Hall–Kier alpha value is -1.10. The van der Waals surface area contributed by atoms with Gasteiger partial charge in [0.15, 0.2) is 0 Å². The maximum Gasteiger partial charge on any atom is 0.234 e. The first-order valence-electron chi connectivity index (χ1n) is 4.36. The molecule has 0 bridgehead atoms. The lowest BCUT2D eigenvalue weighted by Gasteiger charge is -2.11. The highest BCUT2D eigenvalue weighted by molar-refractivity contribution is 5.79. The zero-order chi connectivity index (χ0) is 10.1. The lowest BCUT2D eigenvalue weighted by Crippen LogP contribution is -2.39. The van der Waals surface area contributed by atoms with Gasteiger partial charge in [0.25, 0.3) is 0 Å². The van der Waals surface area contributed by atoms with Gasteiger partial charge in [-0.3, -0.25) is 9.59 Å². The van der Waals surface area contributed by atoms with Crippen molar-refractivity contribution < 1.29 is 9.59 Å². The fourth-order valence-electron chi connectivity index (χ4n) is 1.06. The number of primary amides is 1. The molecule has 0 aromatic heterocycles. The quantitative estimate of drug-likeness (QED) is 0.336. The molecule has 4 N–H and O–H groups in total. The van der Waals surface area contributed by atoms with Gasteiger partial charge in [0.05, 0.1) is 6.04 Å². The van der Waals surface area contributed by atoms with Crippen molar-refractivity contribution >= 4 is 12.3 Å². The summed E-state index contributed by atoms with van der Waals surface area (Å²) in [5.41, 5.74) is 5.11. The van der Waals surface area contributed by atoms with Gasteiger partial charge in [-0.1, -0.05) is 0 Å². The number of rotatable bonds is 8. The molecule has 0 radical (unpaired) electrons. The van der Waals surface area contributed by atoms with Gasteiger partial charge < -0.3 is 16.4 Å². The van der Waals surface area contributed by atoms with Crippen LogP contribution in [0, 0.1) is 0 Å². The van der Waals surface area contributed by atoms with Gasteiger partial charge in [0.1, 0.15) is 0 Å². The summed E-state index contributed by atoms with van der Waals surface area (Å²) in [5, 5.41) is 5.38. The van der Waals surface area contributed by atoms with Gasteiger partial charge in [-0.25, -0.2) is 0 Å². The summed E-state index contributed by atoms with van der Waals surface area (Å²) in [6.07, 6.45) is 3.12. The van der Waals surface area contributed by atoms with Crippen LogP contribution in [0.15, 0.2) is 0 Å². The van der Waals surface area contributed by atoms with Crippen LogP contribution in [-0.4, -0.2) is 32.0 Å². The van der Waals surface area contributed by atoms with E-state index in [-0.39, 0.29) is 11.9 Å². The van der Waals surface area contributed by atoms with Gasteiger partial charge in [0, 0.05) is 6.54 Å². The fourth-order valence-corrected chi connectivity index (χ4v) is 1.06. The third kappa shape index (κ3) is 6.10. The standard InChI is InChI=1S/C8H17N3O2/c1-10-7(8(9)13)4-2-3-5-11-6-12/h6-7,10H,2-5H2,1H3,(H2,9,13)(H,11,12)/t7-/m0/s1. The molecule has 0 rings (SSSR count). The third-order valence-corrected chi connectivity index (χ3v) is 1.84. The molecule has 0 fully saturated rings. The monoisotopic (exact) mass is 187 g/mol. The summed E-state index contributed by atoms with van der Waals surface area (Å²) in [6, 6.07) is -0.253. The molecular weight excluding hydrogens is 170 g/mol. The molecule has 0 heterocycles. The lowest BCUT2D eigenvalue weighted by molar-refractivity contribution is -0.120. The van der Waals surface area contributed by atoms with E-state index in [4.69, 9.17) is 5.73 Å². The molecule has 1 atom stereocenters. The molecule has 0 aliphatic rings. The van der Waals surface area contributed by atoms with Crippen LogP contribution in [0.25, 0.3) is 0 Å². The minimum absolute atomic E-state index is 0.253. The van der Waals surface area contributed by atoms with Crippen LogP contribution in [0.3, 0.4) is 0 Å². The Balaban J connectivity index is 3.38. The van der Waals surface area contributed by atoms with Crippen LogP contribution in [0.2, 0.25) is 0 Å². The molecule has 13 heavy (non-hydrogen) atoms. The lowest BCUT2D eigenvalue weighted by atomic mass is 10.1. The molecule has 0 aromatic carbocycles. The molecule has 2 amide bonds. The third-order valence-electron chi connectivity index (χ3n) is 1.84. The van der Waals surface area contributed by atoms with E-state index in [9.17, 15) is 9.59 Å². The Morgan fingerprint density at radius 2 is 2.23 bits per heavy atom. The first-order valence-corrected chi connectivity index (χ1v) is 4.36. The number of likely N-dealkylation sites (N-methyl/N-ethyl adjacent to an activating group) is 1. The van der Waals surface area contributed by atoms with Gasteiger partial charge in [-0.15, -0.1) is 0 Å². The summed E-state index contributed by atoms with van der Waals surface area (Å²) in [4.78, 5) is 20.6. The number of nitrogens with two attached hydrogens (primary N) is 1. The zero-order valence-corrected chi connectivity index (χ0v) is 7.88. The number of unbranched alkanes of at least 4 members (excludes halogenated alkanes) is 1. The average Bonchev–Trinajstić information content (AvgIpc) is 2.10. The topological polar surface area (TPSA) is 84.2 Å². The Kier molecular flexibility index (Phi) is 6.91. The van der Waals surface area contributed by atoms with Crippen molar-refractivity contribution in [1.29, 1.82) is 0 Å². The van der Waals surface area contributed by atoms with E-state index in [0.717, 1.165) is 12.8 Å². The number of amides is 2. The van der Waals surface area contributed by atoms with E-state index in [0.29, 0.717) is 19.4 Å². The normalized spacial score (nSPS) is 12.1. The van der Waals surface area contributed by atoms with Crippen LogP contribution < -0.4 is 16.4 Å². The van der Waals surface area contributed by atoms with E-state index >= 15 is 0 Å². The molecular formula is C8H17N3O2. The van der Waals surface area contributed by atoms with Gasteiger partial charge >= 0.3 is 0 Å². The minimum Gasteiger partial charge on any atom is -0.368 e. The van der Waals surface area contributed by atoms with Crippen LogP contribution in [0.5, 0.6) is 0 Å². The Labute approximate surface area is 78.1 Å². The van der Waals surface area contributed by atoms with Gasteiger partial charge in [-0.2, -0.15) is 0 Å². The predicted molar refractivity (Wildman–Crippen MR) is 50.0 cm³/mol. The SMILES string of the molecule is CN[C@@H](CCCCNC=O)C(N)=O. The highest BCUT2D eigenvalue weighted by atomic mass is 16.1. The van der Waals surface area contributed by atoms with Crippen molar-refractivity contribution in [1.82, 2.24) is 10.6 Å². The second-order valence-corrected chi connectivity index (χ2v) is 2.81. The number of nitrogens with one attached hydrogen (secondary N) is 2. The predicted octanol–water partition coefficient (Wildman–Crippen LogP) is -1.02. The van der Waals surface area contributed by atoms with Crippen molar-refractivity contribution in [2.75, 3.05) is 13.6 Å². The maximum absolute atomic E-state index is 10.7. The highest BCUT2D eigenvalue weighted by Crippen LogP contribution is 1.98. The van der Waals surface area contributed by atoms with Crippen molar-refractivity contribution in [2.45, 2.75) is 25.3 Å². The summed E-state index contributed by atoms with van der Waals surface area (Å²) < 4.78 is 0. The fraction of sp³-hybridized carbons (Fsp3) is 0.750. The highest BCUT2D eigenvalue weighted by Gasteiger charge is 2.10. The van der Waals surface area contributed by atoms with Crippen molar-refractivity contribution in [2.24, 2.45) is 5.73 Å². The first-order chi connectivity index (χ1) is 6.22. The molecule has 0 spiro atoms. The first kappa shape index (κ1) is 11.9. The van der Waals surface area contributed by atoms with Crippen molar-refractivity contribution in [3.8, 4) is 0 Å². The molecule has 0 aromatic rings. The van der Waals surface area contributed by atoms with Crippen LogP contribution in [-0.2, 0) is 9.59 Å². The Morgan fingerprint density at radius 3 is 2.69 bits per heavy atom. The Morgan fingerprint density at radius 1 is 1.54 bits per heavy atom. The molecule has 5 nitrogen and oxygen atoms in total. The Bertz CT molecular complexity index is 161. The van der Waals surface area contributed by atoms with E-state index < -0.39 is 0 Å². The molecule has 0 aliphatic heterocycles. The number of carbonyl (C=O) groups is 2. The summed E-state index contributed by atoms with van der Waals surface area (Å²) in [7, 11) is 1.71. The molecule has 0 aliphatic carbocycles. The number of carbonyl (C=O) groups excluding carboxylic acids is 2. The van der Waals surface area contributed by atoms with E-state index in [2.05, 4.69) is 10.6 Å². The van der Waals surface area contributed by atoms with Crippen LogP contribution in [0.1, 0.15) is 19.3 Å². The second kappa shape index (κ2) is 7.54. The minimum atomic E-state index is -0.328.